The van der Waals surface area contributed by atoms with Crippen LogP contribution in [-0.2, 0) is 0 Å². The van der Waals surface area contributed by atoms with Gasteiger partial charge in [0, 0.05) is 18.3 Å². The summed E-state index contributed by atoms with van der Waals surface area (Å²) >= 11 is 0. The van der Waals surface area contributed by atoms with Gasteiger partial charge < -0.3 is 5.32 Å². The van der Waals surface area contributed by atoms with Crippen molar-refractivity contribution in [2.75, 3.05) is 13.1 Å². The van der Waals surface area contributed by atoms with E-state index in [1.165, 1.54) is 10.7 Å². The quantitative estimate of drug-likeness (QED) is 0.872. The Morgan fingerprint density at radius 1 is 1.48 bits per heavy atom. The number of nitrogens with one attached hydrogen (secondary N) is 2. The number of fused-ring (bicyclic) bond motifs is 1. The molecule has 3 rings (SSSR count). The Bertz CT molecular complexity index is 819. The van der Waals surface area contributed by atoms with E-state index in [0.29, 0.717) is 23.3 Å². The minimum absolute atomic E-state index is 0.0635. The summed E-state index contributed by atoms with van der Waals surface area (Å²) in [6.45, 7) is 5.61. The topological polar surface area (TPSA) is 86.0 Å². The number of nitriles is 1. The monoisotopic (exact) mass is 283 g/mol. The lowest BCUT2D eigenvalue weighted by Gasteiger charge is -2.18. The van der Waals surface area contributed by atoms with Crippen LogP contribution in [0.4, 0.5) is 0 Å². The van der Waals surface area contributed by atoms with Gasteiger partial charge in [0.2, 0.25) is 0 Å². The summed E-state index contributed by atoms with van der Waals surface area (Å²) in [6.07, 6.45) is 4.57. The van der Waals surface area contributed by atoms with E-state index in [9.17, 15) is 4.79 Å². The van der Waals surface area contributed by atoms with Crippen LogP contribution in [0.3, 0.4) is 0 Å². The largest absolute Gasteiger partial charge is 0.312 e. The van der Waals surface area contributed by atoms with Crippen molar-refractivity contribution in [1.29, 1.82) is 5.26 Å². The first-order valence-electron chi connectivity index (χ1n) is 7.07. The zero-order valence-corrected chi connectivity index (χ0v) is 12.1. The predicted octanol–water partition coefficient (Wildman–Crippen LogP) is 1.39. The van der Waals surface area contributed by atoms with Gasteiger partial charge >= 0.3 is 0 Å². The molecule has 3 heterocycles. The van der Waals surface area contributed by atoms with Gasteiger partial charge in [-0.3, -0.25) is 9.89 Å². The Balaban J connectivity index is 2.35. The Hall–Kier alpha value is -2.39. The first-order valence-corrected chi connectivity index (χ1v) is 7.07. The molecule has 0 unspecified atom stereocenters. The van der Waals surface area contributed by atoms with Gasteiger partial charge in [0.25, 0.3) is 5.56 Å². The smallest absolute Gasteiger partial charge is 0.276 e. The fraction of sp³-hybridized carbons (Fsp3) is 0.400. The Morgan fingerprint density at radius 3 is 2.90 bits per heavy atom. The SMILES string of the molecule is CC(C)c1c(C2=CCCNC2)nc2c(C#N)c[nH]n2c1=O. The van der Waals surface area contributed by atoms with Crippen LogP contribution in [-0.4, -0.2) is 27.7 Å². The number of hydrogen-bond donors (Lipinski definition) is 2. The molecule has 0 aromatic carbocycles. The van der Waals surface area contributed by atoms with E-state index in [1.807, 2.05) is 13.8 Å². The molecular formula is C15H17N5O. The Labute approximate surface area is 122 Å². The first kappa shape index (κ1) is 13.6. The van der Waals surface area contributed by atoms with E-state index >= 15 is 0 Å². The molecule has 0 aliphatic carbocycles. The van der Waals surface area contributed by atoms with Gasteiger partial charge in [0.05, 0.1) is 5.69 Å². The molecule has 2 aromatic rings. The molecule has 108 valence electrons. The van der Waals surface area contributed by atoms with Crippen LogP contribution in [0.25, 0.3) is 11.2 Å². The maximum atomic E-state index is 12.7. The lowest BCUT2D eigenvalue weighted by molar-refractivity contribution is 0.729. The highest BCUT2D eigenvalue weighted by Gasteiger charge is 2.21. The van der Waals surface area contributed by atoms with Crippen molar-refractivity contribution in [3.8, 4) is 6.07 Å². The molecule has 1 aliphatic rings. The average molecular weight is 283 g/mol. The Morgan fingerprint density at radius 2 is 2.29 bits per heavy atom. The molecule has 2 aromatic heterocycles. The maximum Gasteiger partial charge on any atom is 0.276 e. The zero-order valence-electron chi connectivity index (χ0n) is 12.1. The summed E-state index contributed by atoms with van der Waals surface area (Å²) < 4.78 is 1.36. The fourth-order valence-electron chi connectivity index (χ4n) is 2.70. The predicted molar refractivity (Wildman–Crippen MR) is 80.1 cm³/mol. The van der Waals surface area contributed by atoms with Crippen molar-refractivity contribution in [1.82, 2.24) is 19.9 Å². The minimum Gasteiger partial charge on any atom is -0.312 e. The molecule has 6 heteroatoms. The second-order valence-corrected chi connectivity index (χ2v) is 5.49. The number of rotatable bonds is 2. The summed E-state index contributed by atoms with van der Waals surface area (Å²) in [4.78, 5) is 17.3. The van der Waals surface area contributed by atoms with E-state index < -0.39 is 0 Å². The lowest BCUT2D eigenvalue weighted by Crippen LogP contribution is -2.27. The molecule has 0 fully saturated rings. The van der Waals surface area contributed by atoms with Crippen LogP contribution in [0, 0.1) is 11.3 Å². The number of aromatic amines is 1. The average Bonchev–Trinajstić information content (AvgIpc) is 2.91. The van der Waals surface area contributed by atoms with Crippen molar-refractivity contribution in [2.24, 2.45) is 0 Å². The maximum absolute atomic E-state index is 12.7. The summed E-state index contributed by atoms with van der Waals surface area (Å²) in [5.74, 6) is 0.0635. The number of nitrogens with zero attached hydrogens (tertiary/aromatic N) is 3. The van der Waals surface area contributed by atoms with Crippen molar-refractivity contribution < 1.29 is 0 Å². The van der Waals surface area contributed by atoms with Crippen LogP contribution in [0.15, 0.2) is 17.1 Å². The van der Waals surface area contributed by atoms with Crippen LogP contribution in [0.2, 0.25) is 0 Å². The summed E-state index contributed by atoms with van der Waals surface area (Å²) in [6, 6.07) is 2.07. The van der Waals surface area contributed by atoms with E-state index in [2.05, 4.69) is 27.5 Å². The molecular weight excluding hydrogens is 266 g/mol. The van der Waals surface area contributed by atoms with E-state index in [4.69, 9.17) is 5.26 Å². The van der Waals surface area contributed by atoms with Gasteiger partial charge in [-0.05, 0) is 24.5 Å². The third-order valence-electron chi connectivity index (χ3n) is 3.73. The molecule has 0 bridgehead atoms. The van der Waals surface area contributed by atoms with Gasteiger partial charge in [-0.2, -0.15) is 5.26 Å². The van der Waals surface area contributed by atoms with Gasteiger partial charge in [-0.15, -0.1) is 0 Å². The summed E-state index contributed by atoms with van der Waals surface area (Å²) in [5, 5.41) is 15.3. The molecule has 0 radical (unpaired) electrons. The van der Waals surface area contributed by atoms with Crippen molar-refractivity contribution in [3.05, 3.63) is 39.4 Å². The van der Waals surface area contributed by atoms with Crippen molar-refractivity contribution >= 4 is 11.2 Å². The standard InChI is InChI=1S/C15H17N5O/c1-9(2)12-13(10-4-3-5-17-7-10)19-14-11(6-16)8-18-20(14)15(12)21/h4,8-9,17-18H,3,5,7H2,1-2H3. The van der Waals surface area contributed by atoms with Crippen molar-refractivity contribution in [2.45, 2.75) is 26.2 Å². The highest BCUT2D eigenvalue weighted by Crippen LogP contribution is 2.23. The Kier molecular flexibility index (Phi) is 3.35. The van der Waals surface area contributed by atoms with Crippen LogP contribution < -0.4 is 10.9 Å². The van der Waals surface area contributed by atoms with Crippen molar-refractivity contribution in [3.63, 3.8) is 0 Å². The summed E-state index contributed by atoms with van der Waals surface area (Å²) in [5.41, 5.74) is 3.10. The molecule has 2 N–H and O–H groups in total. The number of H-pyrrole nitrogens is 1. The van der Waals surface area contributed by atoms with E-state index in [0.717, 1.165) is 24.2 Å². The molecule has 0 amide bonds. The highest BCUT2D eigenvalue weighted by atomic mass is 16.1. The second-order valence-electron chi connectivity index (χ2n) is 5.49. The van der Waals surface area contributed by atoms with Gasteiger partial charge in [-0.1, -0.05) is 19.9 Å². The van der Waals surface area contributed by atoms with Crippen LogP contribution in [0.5, 0.6) is 0 Å². The summed E-state index contributed by atoms with van der Waals surface area (Å²) in [7, 11) is 0. The molecule has 0 saturated heterocycles. The van der Waals surface area contributed by atoms with Gasteiger partial charge in [-0.25, -0.2) is 9.50 Å². The third-order valence-corrected chi connectivity index (χ3v) is 3.73. The normalized spacial score (nSPS) is 15.2. The van der Waals surface area contributed by atoms with Gasteiger partial charge in [0.1, 0.15) is 11.6 Å². The molecule has 1 aliphatic heterocycles. The van der Waals surface area contributed by atoms with Crippen LogP contribution in [0.1, 0.15) is 43.0 Å². The third kappa shape index (κ3) is 2.16. The van der Waals surface area contributed by atoms with Gasteiger partial charge in [0.15, 0.2) is 5.65 Å². The molecule has 6 nitrogen and oxygen atoms in total. The molecule has 0 atom stereocenters. The minimum atomic E-state index is -0.127. The first-order chi connectivity index (χ1) is 10.1. The molecule has 0 spiro atoms. The highest BCUT2D eigenvalue weighted by molar-refractivity contribution is 5.70. The molecule has 0 saturated carbocycles. The zero-order chi connectivity index (χ0) is 15.0. The van der Waals surface area contributed by atoms with Crippen LogP contribution >= 0.6 is 0 Å². The molecule has 21 heavy (non-hydrogen) atoms. The number of hydrogen-bond acceptors (Lipinski definition) is 4. The van der Waals surface area contributed by atoms with E-state index in [1.54, 1.807) is 0 Å². The second kappa shape index (κ2) is 5.19. The fourth-order valence-corrected chi connectivity index (χ4v) is 2.70. The number of aromatic nitrogens is 3. The lowest BCUT2D eigenvalue weighted by atomic mass is 9.96. The van der Waals surface area contributed by atoms with E-state index in [-0.39, 0.29) is 11.5 Å².